The predicted molar refractivity (Wildman–Crippen MR) is 118 cm³/mol. The van der Waals surface area contributed by atoms with E-state index in [2.05, 4.69) is 16.1 Å². The average Bonchev–Trinajstić information content (AvgIpc) is 3.32. The van der Waals surface area contributed by atoms with Gasteiger partial charge in [-0.05, 0) is 36.5 Å². The normalized spacial score (nSPS) is 13.5. The molecule has 158 valence electrons. The number of Topliss-reactive ketones (excluding diaryl/α,β-unsaturated/α-hetero) is 1. The van der Waals surface area contributed by atoms with Gasteiger partial charge >= 0.3 is 0 Å². The molecule has 0 unspecified atom stereocenters. The van der Waals surface area contributed by atoms with E-state index >= 15 is 0 Å². The highest BCUT2D eigenvalue weighted by Gasteiger charge is 2.28. The Morgan fingerprint density at radius 1 is 1.10 bits per heavy atom. The van der Waals surface area contributed by atoms with E-state index in [4.69, 9.17) is 9.47 Å². The Morgan fingerprint density at radius 3 is 2.45 bits per heavy atom. The molecule has 0 radical (unpaired) electrons. The molecule has 0 saturated heterocycles. The number of carbonyl (C=O) groups is 1. The summed E-state index contributed by atoms with van der Waals surface area (Å²) in [6, 6.07) is 9.89. The molecule has 4 aromatic rings. The lowest BCUT2D eigenvalue weighted by Gasteiger charge is -2.15. The summed E-state index contributed by atoms with van der Waals surface area (Å²) >= 11 is 0. The van der Waals surface area contributed by atoms with Gasteiger partial charge in [-0.25, -0.2) is 4.98 Å². The summed E-state index contributed by atoms with van der Waals surface area (Å²) < 4.78 is 14.9. The molecule has 2 aromatic heterocycles. The highest BCUT2D eigenvalue weighted by Crippen LogP contribution is 2.39. The number of ketones is 1. The van der Waals surface area contributed by atoms with Crippen molar-refractivity contribution >= 4 is 16.8 Å². The number of rotatable bonds is 7. The Kier molecular flexibility index (Phi) is 4.73. The van der Waals surface area contributed by atoms with Crippen LogP contribution in [0.25, 0.3) is 27.8 Å². The second kappa shape index (κ2) is 7.58. The summed E-state index contributed by atoms with van der Waals surface area (Å²) in [5, 5.41) is 4.24. The molecule has 1 aliphatic carbocycles. The van der Waals surface area contributed by atoms with E-state index in [0.29, 0.717) is 29.4 Å². The number of aryl methyl sites for hydroxylation is 1. The van der Waals surface area contributed by atoms with Crippen LogP contribution in [0.2, 0.25) is 0 Å². The van der Waals surface area contributed by atoms with Crippen LogP contribution in [0.3, 0.4) is 0 Å². The molecule has 7 heteroatoms. The van der Waals surface area contributed by atoms with E-state index in [0.717, 1.165) is 40.7 Å². The van der Waals surface area contributed by atoms with Crippen molar-refractivity contribution in [2.45, 2.75) is 19.3 Å². The molecule has 2 heterocycles. The summed E-state index contributed by atoms with van der Waals surface area (Å²) in [6.45, 7) is 0. The van der Waals surface area contributed by atoms with Crippen molar-refractivity contribution in [2.24, 2.45) is 13.0 Å². The fraction of sp³-hybridized carbons (Fsp3) is 0.292. The number of imidazole rings is 1. The van der Waals surface area contributed by atoms with Crippen molar-refractivity contribution < 1.29 is 14.3 Å². The number of hydrogen-bond donors (Lipinski definition) is 0. The highest BCUT2D eigenvalue weighted by atomic mass is 16.5. The number of nitrogens with zero attached hydrogens (tertiary/aromatic N) is 4. The lowest BCUT2D eigenvalue weighted by molar-refractivity contribution is 0.0970. The van der Waals surface area contributed by atoms with E-state index in [9.17, 15) is 4.79 Å². The zero-order chi connectivity index (χ0) is 21.5. The molecule has 0 N–H and O–H groups in total. The van der Waals surface area contributed by atoms with Crippen molar-refractivity contribution in [1.82, 2.24) is 19.3 Å². The van der Waals surface area contributed by atoms with E-state index in [1.165, 1.54) is 0 Å². The van der Waals surface area contributed by atoms with Gasteiger partial charge in [0.1, 0.15) is 23.4 Å². The summed E-state index contributed by atoms with van der Waals surface area (Å²) in [7, 11) is 5.06. The second-order valence-corrected chi connectivity index (χ2v) is 8.02. The van der Waals surface area contributed by atoms with Gasteiger partial charge in [0.25, 0.3) is 0 Å². The molecule has 0 atom stereocenters. The molecule has 7 nitrogen and oxygen atoms in total. The lowest BCUT2D eigenvalue weighted by Crippen LogP contribution is -2.07. The van der Waals surface area contributed by atoms with Gasteiger partial charge < -0.3 is 9.47 Å². The Labute approximate surface area is 180 Å². The molecule has 0 spiro atoms. The Bertz CT molecular complexity index is 1260. The van der Waals surface area contributed by atoms with E-state index in [-0.39, 0.29) is 5.78 Å². The first-order chi connectivity index (χ1) is 15.1. The van der Waals surface area contributed by atoms with Gasteiger partial charge in [0.05, 0.1) is 37.1 Å². The van der Waals surface area contributed by atoms with Gasteiger partial charge in [0, 0.05) is 37.4 Å². The van der Waals surface area contributed by atoms with Gasteiger partial charge in [-0.2, -0.15) is 5.10 Å². The van der Waals surface area contributed by atoms with Crippen LogP contribution in [-0.4, -0.2) is 39.3 Å². The van der Waals surface area contributed by atoms with E-state index in [1.54, 1.807) is 25.2 Å². The summed E-state index contributed by atoms with van der Waals surface area (Å²) in [6.07, 6.45) is 8.37. The summed E-state index contributed by atoms with van der Waals surface area (Å²) in [4.78, 5) is 17.4. The maximum atomic E-state index is 12.9. The summed E-state index contributed by atoms with van der Waals surface area (Å²) in [5.41, 5.74) is 5.27. The Morgan fingerprint density at radius 2 is 1.84 bits per heavy atom. The van der Waals surface area contributed by atoms with Crippen LogP contribution in [0.1, 0.15) is 29.6 Å². The monoisotopic (exact) mass is 416 g/mol. The smallest absolute Gasteiger partial charge is 0.170 e. The Balaban J connectivity index is 1.56. The molecule has 0 aliphatic heterocycles. The van der Waals surface area contributed by atoms with Crippen molar-refractivity contribution in [2.75, 3.05) is 14.2 Å². The SMILES string of the molecule is COc1cc(-n2cnc3cc(-c4cnn(C)c4)ccc32)cc(OC)c1C(=O)CC1CC1. The lowest BCUT2D eigenvalue weighted by atomic mass is 10.0. The van der Waals surface area contributed by atoms with Crippen LogP contribution in [0.4, 0.5) is 0 Å². The fourth-order valence-electron chi connectivity index (χ4n) is 3.97. The zero-order valence-corrected chi connectivity index (χ0v) is 17.8. The van der Waals surface area contributed by atoms with Gasteiger partial charge in [0.15, 0.2) is 5.78 Å². The number of hydrogen-bond acceptors (Lipinski definition) is 5. The first kappa shape index (κ1) is 19.4. The van der Waals surface area contributed by atoms with Crippen LogP contribution in [-0.2, 0) is 7.05 Å². The van der Waals surface area contributed by atoms with E-state index in [1.807, 2.05) is 48.3 Å². The molecule has 0 amide bonds. The fourth-order valence-corrected chi connectivity index (χ4v) is 3.97. The van der Waals surface area contributed by atoms with Gasteiger partial charge in [0.2, 0.25) is 0 Å². The molecule has 1 aliphatic rings. The van der Waals surface area contributed by atoms with Crippen molar-refractivity contribution in [3.8, 4) is 28.3 Å². The number of fused-ring (bicyclic) bond motifs is 1. The third-order valence-corrected chi connectivity index (χ3v) is 5.80. The van der Waals surface area contributed by atoms with Crippen LogP contribution in [0.5, 0.6) is 11.5 Å². The second-order valence-electron chi connectivity index (χ2n) is 8.02. The minimum Gasteiger partial charge on any atom is -0.496 e. The van der Waals surface area contributed by atoms with Crippen molar-refractivity contribution in [3.63, 3.8) is 0 Å². The molecular weight excluding hydrogens is 392 g/mol. The minimum absolute atomic E-state index is 0.0688. The average molecular weight is 416 g/mol. The largest absolute Gasteiger partial charge is 0.496 e. The highest BCUT2D eigenvalue weighted by molar-refractivity contribution is 6.02. The standard InChI is InChI=1S/C24H24N4O3/c1-27-13-17(12-26-27)16-6-7-20-19(9-16)25-14-28(20)18-10-22(30-2)24(23(11-18)31-3)21(29)8-15-4-5-15/h6-7,9-15H,4-5,8H2,1-3H3. The topological polar surface area (TPSA) is 71.2 Å². The van der Waals surface area contributed by atoms with Crippen LogP contribution in [0.15, 0.2) is 49.1 Å². The molecule has 2 aromatic carbocycles. The third kappa shape index (κ3) is 3.56. The van der Waals surface area contributed by atoms with Gasteiger partial charge in [-0.15, -0.1) is 0 Å². The molecule has 0 bridgehead atoms. The van der Waals surface area contributed by atoms with Crippen LogP contribution in [0, 0.1) is 5.92 Å². The molecule has 31 heavy (non-hydrogen) atoms. The number of aromatic nitrogens is 4. The number of methoxy groups -OCH3 is 2. The molecule has 1 fully saturated rings. The van der Waals surface area contributed by atoms with Crippen molar-refractivity contribution in [1.29, 1.82) is 0 Å². The molecule has 5 rings (SSSR count). The first-order valence-corrected chi connectivity index (χ1v) is 10.3. The Hall–Kier alpha value is -3.61. The summed E-state index contributed by atoms with van der Waals surface area (Å²) in [5.74, 6) is 1.61. The van der Waals surface area contributed by atoms with Crippen molar-refractivity contribution in [3.05, 3.63) is 54.6 Å². The molecule has 1 saturated carbocycles. The van der Waals surface area contributed by atoms with Gasteiger partial charge in [-0.3, -0.25) is 14.0 Å². The molecular formula is C24H24N4O3. The van der Waals surface area contributed by atoms with E-state index < -0.39 is 0 Å². The predicted octanol–water partition coefficient (Wildman–Crippen LogP) is 4.43. The quantitative estimate of drug-likeness (QED) is 0.417. The maximum absolute atomic E-state index is 12.9. The third-order valence-electron chi connectivity index (χ3n) is 5.80. The van der Waals surface area contributed by atoms with Gasteiger partial charge in [-0.1, -0.05) is 6.07 Å². The number of ether oxygens (including phenoxy) is 2. The van der Waals surface area contributed by atoms with Crippen LogP contribution >= 0.6 is 0 Å². The number of carbonyl (C=O) groups excluding carboxylic acids is 1. The van der Waals surface area contributed by atoms with Crippen LogP contribution < -0.4 is 9.47 Å². The first-order valence-electron chi connectivity index (χ1n) is 10.3. The maximum Gasteiger partial charge on any atom is 0.170 e. The zero-order valence-electron chi connectivity index (χ0n) is 17.8. The minimum atomic E-state index is 0.0688. The number of benzene rings is 2.